The molecule has 0 amide bonds. The van der Waals surface area contributed by atoms with Gasteiger partial charge in [0, 0.05) is 11.2 Å². The molecule has 0 aliphatic carbocycles. The van der Waals surface area contributed by atoms with Crippen LogP contribution in [0.4, 0.5) is 17.1 Å². The van der Waals surface area contributed by atoms with Crippen LogP contribution in [0.1, 0.15) is 15.9 Å². The Bertz CT molecular complexity index is 968. The number of hydrogen-bond donors (Lipinski definition) is 1. The normalized spacial score (nSPS) is 11.3. The molecule has 0 saturated heterocycles. The molecule has 0 radical (unpaired) electrons. The van der Waals surface area contributed by atoms with Crippen LogP contribution in [0.25, 0.3) is 0 Å². The van der Waals surface area contributed by atoms with Gasteiger partial charge in [-0.1, -0.05) is 41.9 Å². The standard InChI is InChI=1S/C20H14ClN3O2/c21-15-8-6-14(7-9-15)13-22-19-11-10-17(12-18(19)20(25)26)24-23-16-4-2-1-3-5-16/h1-13H,(H,25,26). The van der Waals surface area contributed by atoms with Crippen LogP contribution in [-0.4, -0.2) is 17.3 Å². The van der Waals surface area contributed by atoms with E-state index in [1.54, 1.807) is 42.6 Å². The summed E-state index contributed by atoms with van der Waals surface area (Å²) in [5.41, 5.74) is 2.34. The first-order valence-electron chi connectivity index (χ1n) is 7.75. The predicted molar refractivity (Wildman–Crippen MR) is 103 cm³/mol. The molecule has 0 spiro atoms. The van der Waals surface area contributed by atoms with Crippen LogP contribution >= 0.6 is 11.6 Å². The van der Waals surface area contributed by atoms with E-state index in [2.05, 4.69) is 15.2 Å². The Morgan fingerprint density at radius 1 is 0.885 bits per heavy atom. The van der Waals surface area contributed by atoms with Crippen molar-refractivity contribution in [2.24, 2.45) is 15.2 Å². The molecule has 5 nitrogen and oxygen atoms in total. The van der Waals surface area contributed by atoms with Crippen molar-refractivity contribution in [3.63, 3.8) is 0 Å². The lowest BCUT2D eigenvalue weighted by atomic mass is 10.1. The highest BCUT2D eigenvalue weighted by Gasteiger charge is 2.10. The lowest BCUT2D eigenvalue weighted by Crippen LogP contribution is -1.96. The number of halogens is 1. The molecule has 3 rings (SSSR count). The molecular weight excluding hydrogens is 350 g/mol. The van der Waals surface area contributed by atoms with Crippen molar-refractivity contribution >= 4 is 40.8 Å². The first-order valence-corrected chi connectivity index (χ1v) is 8.13. The molecule has 128 valence electrons. The van der Waals surface area contributed by atoms with Crippen molar-refractivity contribution in [3.8, 4) is 0 Å². The van der Waals surface area contributed by atoms with Gasteiger partial charge >= 0.3 is 5.97 Å². The summed E-state index contributed by atoms with van der Waals surface area (Å²) in [5.74, 6) is -1.08. The first kappa shape index (κ1) is 17.5. The number of benzene rings is 3. The topological polar surface area (TPSA) is 74.4 Å². The van der Waals surface area contributed by atoms with Gasteiger partial charge in [-0.3, -0.25) is 4.99 Å². The average Bonchev–Trinajstić information content (AvgIpc) is 2.67. The zero-order valence-corrected chi connectivity index (χ0v) is 14.3. The number of carbonyl (C=O) groups is 1. The van der Waals surface area contributed by atoms with Gasteiger partial charge in [-0.05, 0) is 48.0 Å². The Balaban J connectivity index is 1.86. The Labute approximate surface area is 155 Å². The van der Waals surface area contributed by atoms with Gasteiger partial charge in [-0.15, -0.1) is 0 Å². The number of carboxylic acid groups (broad SMARTS) is 1. The third-order valence-corrected chi connectivity index (χ3v) is 3.72. The number of aliphatic imine (C=N–C) groups is 1. The molecule has 26 heavy (non-hydrogen) atoms. The van der Waals surface area contributed by atoms with Gasteiger partial charge in [0.15, 0.2) is 0 Å². The molecule has 3 aromatic carbocycles. The summed E-state index contributed by atoms with van der Waals surface area (Å²) in [6.07, 6.45) is 1.59. The molecular formula is C20H14ClN3O2. The zero-order chi connectivity index (χ0) is 18.4. The Hall–Kier alpha value is -3.31. The van der Waals surface area contributed by atoms with Crippen LogP contribution < -0.4 is 0 Å². The van der Waals surface area contributed by atoms with Crippen molar-refractivity contribution in [2.45, 2.75) is 0 Å². The summed E-state index contributed by atoms with van der Waals surface area (Å²) >= 11 is 5.85. The third kappa shape index (κ3) is 4.62. The molecule has 0 unspecified atom stereocenters. The summed E-state index contributed by atoms with van der Waals surface area (Å²) in [6, 6.07) is 21.0. The van der Waals surface area contributed by atoms with Crippen LogP contribution in [0.2, 0.25) is 5.02 Å². The molecule has 0 aliphatic rings. The molecule has 3 aromatic rings. The second kappa shape index (κ2) is 8.18. The predicted octanol–water partition coefficient (Wildman–Crippen LogP) is 6.20. The second-order valence-electron chi connectivity index (χ2n) is 5.35. The van der Waals surface area contributed by atoms with E-state index in [0.717, 1.165) is 5.56 Å². The number of carboxylic acids is 1. The van der Waals surface area contributed by atoms with Crippen LogP contribution in [-0.2, 0) is 0 Å². The van der Waals surface area contributed by atoms with E-state index in [1.807, 2.05) is 30.3 Å². The van der Waals surface area contributed by atoms with E-state index < -0.39 is 5.97 Å². The monoisotopic (exact) mass is 363 g/mol. The maximum absolute atomic E-state index is 11.5. The smallest absolute Gasteiger partial charge is 0.337 e. The third-order valence-electron chi connectivity index (χ3n) is 3.47. The van der Waals surface area contributed by atoms with E-state index in [0.29, 0.717) is 22.1 Å². The van der Waals surface area contributed by atoms with Crippen LogP contribution in [0.5, 0.6) is 0 Å². The van der Waals surface area contributed by atoms with Gasteiger partial charge in [0.05, 0.1) is 22.6 Å². The van der Waals surface area contributed by atoms with Gasteiger partial charge in [-0.25, -0.2) is 4.79 Å². The van der Waals surface area contributed by atoms with Crippen molar-refractivity contribution in [3.05, 3.63) is 88.9 Å². The summed E-state index contributed by atoms with van der Waals surface area (Å²) in [7, 11) is 0. The number of azo groups is 1. The first-order chi connectivity index (χ1) is 12.6. The molecule has 1 N–H and O–H groups in total. The van der Waals surface area contributed by atoms with Gasteiger partial charge in [-0.2, -0.15) is 10.2 Å². The van der Waals surface area contributed by atoms with E-state index >= 15 is 0 Å². The van der Waals surface area contributed by atoms with E-state index in [4.69, 9.17) is 11.6 Å². The minimum atomic E-state index is -1.08. The summed E-state index contributed by atoms with van der Waals surface area (Å²) in [4.78, 5) is 15.8. The summed E-state index contributed by atoms with van der Waals surface area (Å²) < 4.78 is 0. The number of aromatic carboxylic acids is 1. The van der Waals surface area contributed by atoms with Gasteiger partial charge in [0.1, 0.15) is 0 Å². The maximum atomic E-state index is 11.5. The van der Waals surface area contributed by atoms with Crippen LogP contribution in [0, 0.1) is 0 Å². The summed E-state index contributed by atoms with van der Waals surface area (Å²) in [6.45, 7) is 0. The van der Waals surface area contributed by atoms with Crippen molar-refractivity contribution in [2.75, 3.05) is 0 Å². The molecule has 6 heteroatoms. The van der Waals surface area contributed by atoms with Crippen molar-refractivity contribution in [1.82, 2.24) is 0 Å². The Morgan fingerprint density at radius 3 is 2.27 bits per heavy atom. The molecule has 0 aromatic heterocycles. The van der Waals surface area contributed by atoms with Gasteiger partial charge in [0.2, 0.25) is 0 Å². The van der Waals surface area contributed by atoms with E-state index in [1.165, 1.54) is 6.07 Å². The SMILES string of the molecule is O=C(O)c1cc(N=Nc2ccccc2)ccc1N=Cc1ccc(Cl)cc1. The summed E-state index contributed by atoms with van der Waals surface area (Å²) in [5, 5.41) is 18.2. The highest BCUT2D eigenvalue weighted by atomic mass is 35.5. The van der Waals surface area contributed by atoms with Crippen molar-refractivity contribution < 1.29 is 9.90 Å². The lowest BCUT2D eigenvalue weighted by molar-refractivity contribution is 0.0698. The van der Waals surface area contributed by atoms with Gasteiger partial charge < -0.3 is 5.11 Å². The van der Waals surface area contributed by atoms with E-state index in [-0.39, 0.29) is 5.56 Å². The van der Waals surface area contributed by atoms with Crippen LogP contribution in [0.15, 0.2) is 88.0 Å². The average molecular weight is 364 g/mol. The fourth-order valence-electron chi connectivity index (χ4n) is 2.17. The highest BCUT2D eigenvalue weighted by molar-refractivity contribution is 6.30. The molecule has 0 bridgehead atoms. The Kier molecular flexibility index (Phi) is 5.51. The molecule has 0 aliphatic heterocycles. The minimum absolute atomic E-state index is 0.0553. The molecule has 0 atom stereocenters. The molecule has 0 fully saturated rings. The number of rotatable bonds is 5. The fraction of sp³-hybridized carbons (Fsp3) is 0. The number of nitrogens with zero attached hydrogens (tertiary/aromatic N) is 3. The number of hydrogen-bond acceptors (Lipinski definition) is 4. The van der Waals surface area contributed by atoms with Crippen LogP contribution in [0.3, 0.4) is 0 Å². The maximum Gasteiger partial charge on any atom is 0.337 e. The fourth-order valence-corrected chi connectivity index (χ4v) is 2.30. The minimum Gasteiger partial charge on any atom is -0.478 e. The van der Waals surface area contributed by atoms with E-state index in [9.17, 15) is 9.90 Å². The zero-order valence-electron chi connectivity index (χ0n) is 13.6. The largest absolute Gasteiger partial charge is 0.478 e. The van der Waals surface area contributed by atoms with Gasteiger partial charge in [0.25, 0.3) is 0 Å². The van der Waals surface area contributed by atoms with Crippen molar-refractivity contribution in [1.29, 1.82) is 0 Å². The molecule has 0 heterocycles. The lowest BCUT2D eigenvalue weighted by Gasteiger charge is -2.02. The Morgan fingerprint density at radius 2 is 1.58 bits per heavy atom. The second-order valence-corrected chi connectivity index (χ2v) is 5.79. The molecule has 0 saturated carbocycles. The highest BCUT2D eigenvalue weighted by Crippen LogP contribution is 2.26. The quantitative estimate of drug-likeness (QED) is 0.432.